The Morgan fingerprint density at radius 2 is 2.12 bits per heavy atom. The van der Waals surface area contributed by atoms with E-state index in [-0.39, 0.29) is 11.5 Å². The number of hydrogen-bond acceptors (Lipinski definition) is 4. The monoisotopic (exact) mass is 449 g/mol. The van der Waals surface area contributed by atoms with Gasteiger partial charge in [-0.1, -0.05) is 19.4 Å². The number of aryl methyl sites for hydroxylation is 1. The number of ketones is 1. The first kappa shape index (κ1) is 17.5. The van der Waals surface area contributed by atoms with Crippen LogP contribution in [0.1, 0.15) is 41.6 Å². The van der Waals surface area contributed by atoms with Crippen LogP contribution >= 0.6 is 22.6 Å². The fraction of sp³-hybridized carbons (Fsp3) is 0.222. The summed E-state index contributed by atoms with van der Waals surface area (Å²) in [4.78, 5) is 28.1. The van der Waals surface area contributed by atoms with Crippen molar-refractivity contribution in [1.29, 1.82) is 0 Å². The van der Waals surface area contributed by atoms with Crippen molar-refractivity contribution in [1.82, 2.24) is 9.38 Å². The van der Waals surface area contributed by atoms with Crippen LogP contribution in [0.15, 0.2) is 42.6 Å². The Morgan fingerprint density at radius 3 is 2.84 bits per heavy atom. The van der Waals surface area contributed by atoms with Crippen molar-refractivity contribution in [3.8, 4) is 0 Å². The van der Waals surface area contributed by atoms with Crippen LogP contribution in [0.4, 0.5) is 5.69 Å². The average Bonchev–Trinajstić information content (AvgIpc) is 2.98. The van der Waals surface area contributed by atoms with Gasteiger partial charge >= 0.3 is 0 Å². The Morgan fingerprint density at radius 1 is 1.32 bits per heavy atom. The zero-order valence-corrected chi connectivity index (χ0v) is 15.8. The third-order valence-electron chi connectivity index (χ3n) is 4.00. The van der Waals surface area contributed by atoms with Gasteiger partial charge in [-0.05, 0) is 47.2 Å². The second kappa shape index (κ2) is 7.30. The van der Waals surface area contributed by atoms with E-state index >= 15 is 0 Å². The number of pyridine rings is 1. The normalized spacial score (nSPS) is 11.0. The first-order valence-corrected chi connectivity index (χ1v) is 9.05. The van der Waals surface area contributed by atoms with Gasteiger partial charge in [0, 0.05) is 33.9 Å². The van der Waals surface area contributed by atoms with Crippen LogP contribution in [0.3, 0.4) is 0 Å². The number of halogens is 1. The van der Waals surface area contributed by atoms with E-state index in [1.165, 1.54) is 12.1 Å². The van der Waals surface area contributed by atoms with Gasteiger partial charge in [-0.15, -0.1) is 0 Å². The molecular formula is C18H16IN3O3. The van der Waals surface area contributed by atoms with Gasteiger partial charge in [0.05, 0.1) is 10.4 Å². The molecule has 3 aromatic rings. The van der Waals surface area contributed by atoms with E-state index in [1.54, 1.807) is 6.07 Å². The van der Waals surface area contributed by atoms with Crippen molar-refractivity contribution in [2.45, 2.75) is 26.2 Å². The molecule has 0 saturated heterocycles. The van der Waals surface area contributed by atoms with Crippen LogP contribution in [0.2, 0.25) is 0 Å². The highest BCUT2D eigenvalue weighted by Gasteiger charge is 2.22. The smallest absolute Gasteiger partial charge is 0.270 e. The molecule has 0 amide bonds. The molecule has 0 fully saturated rings. The van der Waals surface area contributed by atoms with Gasteiger partial charge in [0.2, 0.25) is 5.78 Å². The maximum Gasteiger partial charge on any atom is 0.270 e. The summed E-state index contributed by atoms with van der Waals surface area (Å²) in [6, 6.07) is 9.91. The number of benzene rings is 1. The van der Waals surface area contributed by atoms with E-state index in [1.807, 2.05) is 51.4 Å². The summed E-state index contributed by atoms with van der Waals surface area (Å²) in [6.45, 7) is 2.10. The zero-order chi connectivity index (χ0) is 18.0. The number of fused-ring (bicyclic) bond motifs is 1. The lowest BCUT2D eigenvalue weighted by Crippen LogP contribution is -2.06. The molecule has 1 aromatic carbocycles. The molecular weight excluding hydrogens is 433 g/mol. The summed E-state index contributed by atoms with van der Waals surface area (Å²) in [5.41, 5.74) is 1.27. The molecule has 7 heteroatoms. The molecule has 0 aliphatic heterocycles. The van der Waals surface area contributed by atoms with Gasteiger partial charge in [0.1, 0.15) is 11.5 Å². The third kappa shape index (κ3) is 3.41. The Labute approximate surface area is 158 Å². The van der Waals surface area contributed by atoms with Crippen molar-refractivity contribution in [2.24, 2.45) is 0 Å². The quantitative estimate of drug-likeness (QED) is 0.242. The number of carbonyl (C=O) groups is 1. The standard InChI is InChI=1S/C18H16IN3O3/c1-2-3-7-16-20-17(15-6-4-5-10-21(15)16)18(23)13-11-12(22(24)25)8-9-14(13)19/h4-6,8-11H,2-3,7H2,1H3. The van der Waals surface area contributed by atoms with Gasteiger partial charge < -0.3 is 4.40 Å². The summed E-state index contributed by atoms with van der Waals surface area (Å²) in [5, 5.41) is 11.0. The number of hydrogen-bond donors (Lipinski definition) is 0. The highest BCUT2D eigenvalue weighted by molar-refractivity contribution is 14.1. The van der Waals surface area contributed by atoms with E-state index in [0.717, 1.165) is 30.6 Å². The van der Waals surface area contributed by atoms with E-state index in [2.05, 4.69) is 11.9 Å². The zero-order valence-electron chi connectivity index (χ0n) is 13.6. The van der Waals surface area contributed by atoms with Crippen molar-refractivity contribution in [3.05, 3.63) is 73.4 Å². The van der Waals surface area contributed by atoms with Crippen molar-refractivity contribution in [3.63, 3.8) is 0 Å². The molecule has 0 bridgehead atoms. The van der Waals surface area contributed by atoms with E-state index in [0.29, 0.717) is 14.8 Å². The van der Waals surface area contributed by atoms with E-state index in [4.69, 9.17) is 0 Å². The number of unbranched alkanes of at least 4 members (excludes halogenated alkanes) is 1. The maximum atomic E-state index is 13.0. The molecule has 3 rings (SSSR count). The third-order valence-corrected chi connectivity index (χ3v) is 4.94. The minimum Gasteiger partial charge on any atom is -0.303 e. The molecule has 0 atom stereocenters. The molecule has 2 aromatic heterocycles. The summed E-state index contributed by atoms with van der Waals surface area (Å²) >= 11 is 2.02. The maximum absolute atomic E-state index is 13.0. The Bertz CT molecular complexity index is 965. The second-order valence-electron chi connectivity index (χ2n) is 5.69. The van der Waals surface area contributed by atoms with Crippen molar-refractivity contribution >= 4 is 39.6 Å². The summed E-state index contributed by atoms with van der Waals surface area (Å²) in [6.07, 6.45) is 4.69. The van der Waals surface area contributed by atoms with Crippen LogP contribution < -0.4 is 0 Å². The SMILES string of the molecule is CCCCc1nc(C(=O)c2cc([N+](=O)[O-])ccc2I)c2ccccn12. The predicted molar refractivity (Wildman–Crippen MR) is 103 cm³/mol. The number of non-ortho nitro benzene ring substituents is 1. The minimum absolute atomic E-state index is 0.0986. The lowest BCUT2D eigenvalue weighted by Gasteiger charge is -2.02. The Balaban J connectivity index is 2.12. The van der Waals surface area contributed by atoms with Crippen molar-refractivity contribution in [2.75, 3.05) is 0 Å². The molecule has 2 heterocycles. The Hall–Kier alpha value is -2.29. The van der Waals surface area contributed by atoms with Gasteiger partial charge in [0.15, 0.2) is 0 Å². The van der Waals surface area contributed by atoms with Crippen LogP contribution in [0.5, 0.6) is 0 Å². The molecule has 0 aliphatic rings. The number of imidazole rings is 1. The molecule has 0 aliphatic carbocycles. The minimum atomic E-state index is -0.495. The number of carbonyl (C=O) groups excluding carboxylic acids is 1. The fourth-order valence-electron chi connectivity index (χ4n) is 2.71. The summed E-state index contributed by atoms with van der Waals surface area (Å²) < 4.78 is 2.59. The van der Waals surface area contributed by atoms with Crippen LogP contribution in [0.25, 0.3) is 5.52 Å². The van der Waals surface area contributed by atoms with Gasteiger partial charge in [-0.2, -0.15) is 0 Å². The van der Waals surface area contributed by atoms with Gasteiger partial charge in [0.25, 0.3) is 5.69 Å². The number of nitrogens with zero attached hydrogens (tertiary/aromatic N) is 3. The Kier molecular flexibility index (Phi) is 5.12. The summed E-state index contributed by atoms with van der Waals surface area (Å²) in [5.74, 6) is 0.542. The number of aromatic nitrogens is 2. The van der Waals surface area contributed by atoms with Crippen LogP contribution in [-0.2, 0) is 6.42 Å². The molecule has 0 unspecified atom stereocenters. The largest absolute Gasteiger partial charge is 0.303 e. The van der Waals surface area contributed by atoms with Gasteiger partial charge in [-0.3, -0.25) is 14.9 Å². The molecule has 6 nitrogen and oxygen atoms in total. The van der Waals surface area contributed by atoms with Crippen LogP contribution in [0, 0.1) is 13.7 Å². The topological polar surface area (TPSA) is 77.5 Å². The first-order valence-electron chi connectivity index (χ1n) is 7.97. The first-order chi connectivity index (χ1) is 12.0. The molecule has 0 N–H and O–H groups in total. The highest BCUT2D eigenvalue weighted by Crippen LogP contribution is 2.24. The molecule has 0 saturated carbocycles. The van der Waals surface area contributed by atoms with E-state index < -0.39 is 4.92 Å². The van der Waals surface area contributed by atoms with Crippen LogP contribution in [-0.4, -0.2) is 20.1 Å². The number of nitro benzene ring substituents is 1. The molecule has 0 spiro atoms. The predicted octanol–water partition coefficient (Wildman–Crippen LogP) is 4.42. The lowest BCUT2D eigenvalue weighted by molar-refractivity contribution is -0.384. The lowest BCUT2D eigenvalue weighted by atomic mass is 10.1. The number of rotatable bonds is 6. The second-order valence-corrected chi connectivity index (χ2v) is 6.85. The number of nitro groups is 1. The molecule has 0 radical (unpaired) electrons. The van der Waals surface area contributed by atoms with Crippen molar-refractivity contribution < 1.29 is 9.72 Å². The fourth-order valence-corrected chi connectivity index (χ4v) is 3.29. The average molecular weight is 449 g/mol. The molecule has 128 valence electrons. The summed E-state index contributed by atoms with van der Waals surface area (Å²) in [7, 11) is 0. The molecule has 25 heavy (non-hydrogen) atoms. The van der Waals surface area contributed by atoms with Gasteiger partial charge in [-0.25, -0.2) is 4.98 Å². The highest BCUT2D eigenvalue weighted by atomic mass is 127. The van der Waals surface area contributed by atoms with E-state index in [9.17, 15) is 14.9 Å².